The molecule has 0 spiro atoms. The molecule has 1 aliphatic heterocycles. The highest BCUT2D eigenvalue weighted by Crippen LogP contribution is 2.33. The number of aliphatic hydroxyl groups is 1. The van der Waals surface area contributed by atoms with Crippen molar-refractivity contribution < 1.29 is 9.84 Å². The van der Waals surface area contributed by atoms with Gasteiger partial charge in [0.25, 0.3) is 0 Å². The molecule has 1 aliphatic rings. The molecular weight excluding hydrogens is 304 g/mol. The van der Waals surface area contributed by atoms with E-state index in [9.17, 15) is 5.11 Å². The van der Waals surface area contributed by atoms with Crippen LogP contribution in [0.25, 0.3) is 5.69 Å². The molecule has 6 nitrogen and oxygen atoms in total. The van der Waals surface area contributed by atoms with Gasteiger partial charge in [0.2, 0.25) is 0 Å². The summed E-state index contributed by atoms with van der Waals surface area (Å²) in [5, 5.41) is 14.0. The molecule has 0 saturated carbocycles. The molecule has 0 amide bonds. The topological polar surface area (TPSA) is 63.4 Å². The summed E-state index contributed by atoms with van der Waals surface area (Å²) in [6, 6.07) is 17.7. The maximum absolute atomic E-state index is 9.47. The third-order valence-electron chi connectivity index (χ3n) is 4.02. The van der Waals surface area contributed by atoms with Gasteiger partial charge in [-0.3, -0.25) is 0 Å². The molecule has 3 aromatic rings. The van der Waals surface area contributed by atoms with E-state index in [-0.39, 0.29) is 12.7 Å². The number of hydrogen-bond donors (Lipinski definition) is 1. The highest BCUT2D eigenvalue weighted by atomic mass is 16.5. The Labute approximate surface area is 139 Å². The van der Waals surface area contributed by atoms with E-state index in [2.05, 4.69) is 15.0 Å². The largest absolute Gasteiger partial charge is 0.484 e. The molecule has 1 unspecified atom stereocenters. The fraction of sp³-hybridized carbons (Fsp3) is 0.222. The van der Waals surface area contributed by atoms with Crippen LogP contribution in [0.2, 0.25) is 0 Å². The maximum atomic E-state index is 9.47. The minimum atomic E-state index is -0.240. The zero-order valence-electron chi connectivity index (χ0n) is 13.1. The van der Waals surface area contributed by atoms with Crippen LogP contribution in [-0.4, -0.2) is 39.1 Å². The molecule has 1 aromatic heterocycles. The summed E-state index contributed by atoms with van der Waals surface area (Å²) in [5.41, 5.74) is 1.98. The van der Waals surface area contributed by atoms with Crippen molar-refractivity contribution in [3.8, 4) is 11.4 Å². The smallest absolute Gasteiger partial charge is 0.170 e. The predicted octanol–water partition coefficient (Wildman–Crippen LogP) is 2.03. The molecule has 4 rings (SSSR count). The average molecular weight is 322 g/mol. The standard InChI is InChI=1S/C18H18N4O2/c23-12-15-10-21(16-8-4-5-9-17(16)24-15)11-18-19-13-22(20-18)14-6-2-1-3-7-14/h1-9,13,15,23H,10-12H2. The summed E-state index contributed by atoms with van der Waals surface area (Å²) < 4.78 is 7.55. The molecule has 0 radical (unpaired) electrons. The number of para-hydroxylation sites is 3. The van der Waals surface area contributed by atoms with E-state index < -0.39 is 0 Å². The Bertz CT molecular complexity index is 819. The quantitative estimate of drug-likeness (QED) is 0.796. The van der Waals surface area contributed by atoms with Crippen molar-refractivity contribution >= 4 is 5.69 Å². The van der Waals surface area contributed by atoms with Crippen molar-refractivity contribution in [2.75, 3.05) is 18.1 Å². The van der Waals surface area contributed by atoms with E-state index in [0.717, 1.165) is 22.9 Å². The van der Waals surface area contributed by atoms with Crippen LogP contribution in [0.1, 0.15) is 5.82 Å². The van der Waals surface area contributed by atoms with Gasteiger partial charge in [-0.1, -0.05) is 30.3 Å². The van der Waals surface area contributed by atoms with Crippen molar-refractivity contribution in [1.82, 2.24) is 14.8 Å². The van der Waals surface area contributed by atoms with E-state index in [1.807, 2.05) is 54.6 Å². The van der Waals surface area contributed by atoms with Gasteiger partial charge in [-0.05, 0) is 24.3 Å². The molecule has 1 N–H and O–H groups in total. The van der Waals surface area contributed by atoms with Crippen molar-refractivity contribution in [1.29, 1.82) is 0 Å². The van der Waals surface area contributed by atoms with Gasteiger partial charge in [-0.25, -0.2) is 9.67 Å². The summed E-state index contributed by atoms with van der Waals surface area (Å²) in [6.07, 6.45) is 1.48. The third-order valence-corrected chi connectivity index (χ3v) is 4.02. The molecule has 122 valence electrons. The second-order valence-electron chi connectivity index (χ2n) is 5.71. The normalized spacial score (nSPS) is 16.5. The fourth-order valence-corrected chi connectivity index (χ4v) is 2.87. The molecule has 0 fully saturated rings. The highest BCUT2D eigenvalue weighted by Gasteiger charge is 2.25. The van der Waals surface area contributed by atoms with Crippen LogP contribution in [0.3, 0.4) is 0 Å². The first-order valence-corrected chi connectivity index (χ1v) is 7.91. The van der Waals surface area contributed by atoms with Gasteiger partial charge >= 0.3 is 0 Å². The number of anilines is 1. The third kappa shape index (κ3) is 2.83. The van der Waals surface area contributed by atoms with Gasteiger partial charge in [0, 0.05) is 0 Å². The van der Waals surface area contributed by atoms with Crippen LogP contribution in [0.4, 0.5) is 5.69 Å². The van der Waals surface area contributed by atoms with Gasteiger partial charge in [-0.15, -0.1) is 5.10 Å². The molecule has 2 aromatic carbocycles. The van der Waals surface area contributed by atoms with Crippen LogP contribution >= 0.6 is 0 Å². The predicted molar refractivity (Wildman–Crippen MR) is 90.4 cm³/mol. The average Bonchev–Trinajstić information content (AvgIpc) is 3.11. The number of aliphatic hydroxyl groups excluding tert-OH is 1. The van der Waals surface area contributed by atoms with E-state index in [4.69, 9.17) is 4.74 Å². The van der Waals surface area contributed by atoms with Gasteiger partial charge in [0.1, 0.15) is 18.2 Å². The lowest BCUT2D eigenvalue weighted by molar-refractivity contribution is 0.112. The fourth-order valence-electron chi connectivity index (χ4n) is 2.87. The Hall–Kier alpha value is -2.86. The number of benzene rings is 2. The van der Waals surface area contributed by atoms with Crippen LogP contribution in [0.15, 0.2) is 60.9 Å². The Kier molecular flexibility index (Phi) is 3.88. The first-order chi connectivity index (χ1) is 11.8. The molecule has 2 heterocycles. The van der Waals surface area contributed by atoms with Crippen molar-refractivity contribution in [2.24, 2.45) is 0 Å². The molecule has 1 atom stereocenters. The molecule has 24 heavy (non-hydrogen) atoms. The van der Waals surface area contributed by atoms with Crippen molar-refractivity contribution in [3.63, 3.8) is 0 Å². The van der Waals surface area contributed by atoms with Gasteiger partial charge < -0.3 is 14.7 Å². The first-order valence-electron chi connectivity index (χ1n) is 7.91. The van der Waals surface area contributed by atoms with E-state index in [1.165, 1.54) is 0 Å². The number of aromatic nitrogens is 3. The van der Waals surface area contributed by atoms with Gasteiger partial charge in [0.05, 0.1) is 31.1 Å². The van der Waals surface area contributed by atoms with Gasteiger partial charge in [-0.2, -0.15) is 0 Å². The lowest BCUT2D eigenvalue weighted by Crippen LogP contribution is -2.41. The summed E-state index contributed by atoms with van der Waals surface area (Å²) in [5.74, 6) is 1.51. The van der Waals surface area contributed by atoms with Crippen LogP contribution in [0.5, 0.6) is 5.75 Å². The lowest BCUT2D eigenvalue weighted by atomic mass is 10.2. The van der Waals surface area contributed by atoms with E-state index in [1.54, 1.807) is 11.0 Å². The molecule has 0 bridgehead atoms. The number of hydrogen-bond acceptors (Lipinski definition) is 5. The monoisotopic (exact) mass is 322 g/mol. The van der Waals surface area contributed by atoms with E-state index >= 15 is 0 Å². The first kappa shape index (κ1) is 14.7. The van der Waals surface area contributed by atoms with Crippen LogP contribution < -0.4 is 9.64 Å². The number of rotatable bonds is 4. The highest BCUT2D eigenvalue weighted by molar-refractivity contribution is 5.60. The zero-order chi connectivity index (χ0) is 16.4. The minimum absolute atomic E-state index is 0.0171. The number of ether oxygens (including phenoxy) is 1. The zero-order valence-corrected chi connectivity index (χ0v) is 13.1. The maximum Gasteiger partial charge on any atom is 0.170 e. The summed E-state index contributed by atoms with van der Waals surface area (Å²) >= 11 is 0. The second kappa shape index (κ2) is 6.33. The summed E-state index contributed by atoms with van der Waals surface area (Å²) in [6.45, 7) is 1.15. The van der Waals surface area contributed by atoms with Gasteiger partial charge in [0.15, 0.2) is 5.82 Å². The summed E-state index contributed by atoms with van der Waals surface area (Å²) in [4.78, 5) is 6.56. The number of fused-ring (bicyclic) bond motifs is 1. The molecular formula is C18H18N4O2. The second-order valence-corrected chi connectivity index (χ2v) is 5.71. The van der Waals surface area contributed by atoms with E-state index in [0.29, 0.717) is 13.1 Å². The Balaban J connectivity index is 1.58. The van der Waals surface area contributed by atoms with Crippen LogP contribution in [0, 0.1) is 0 Å². The Morgan fingerprint density at radius 1 is 1.08 bits per heavy atom. The Morgan fingerprint density at radius 2 is 1.88 bits per heavy atom. The molecule has 0 saturated heterocycles. The molecule has 0 aliphatic carbocycles. The Morgan fingerprint density at radius 3 is 2.71 bits per heavy atom. The lowest BCUT2D eigenvalue weighted by Gasteiger charge is -2.34. The SMILES string of the molecule is OCC1CN(Cc2ncn(-c3ccccc3)n2)c2ccccc2O1. The molecule has 6 heteroatoms. The minimum Gasteiger partial charge on any atom is -0.484 e. The van der Waals surface area contributed by atoms with Crippen LogP contribution in [-0.2, 0) is 6.54 Å². The number of nitrogens with zero attached hydrogens (tertiary/aromatic N) is 4. The van der Waals surface area contributed by atoms with Crippen molar-refractivity contribution in [2.45, 2.75) is 12.6 Å². The van der Waals surface area contributed by atoms with Crippen molar-refractivity contribution in [3.05, 3.63) is 66.7 Å². The summed E-state index contributed by atoms with van der Waals surface area (Å²) in [7, 11) is 0.